The fourth-order valence-electron chi connectivity index (χ4n) is 1.13. The minimum Gasteiger partial charge on any atom is -0.436 e. The zero-order valence-electron chi connectivity index (χ0n) is 8.09. The molecule has 0 unspecified atom stereocenters. The smallest absolute Gasteiger partial charge is 0.236 e. The first-order valence-corrected chi connectivity index (χ1v) is 5.23. The second kappa shape index (κ2) is 4.73. The van der Waals surface area contributed by atoms with Gasteiger partial charge >= 0.3 is 0 Å². The van der Waals surface area contributed by atoms with Crippen molar-refractivity contribution in [1.82, 2.24) is 9.97 Å². The summed E-state index contributed by atoms with van der Waals surface area (Å²) in [6.07, 6.45) is 2.96. The van der Waals surface area contributed by atoms with Gasteiger partial charge in [0.2, 0.25) is 5.88 Å². The van der Waals surface area contributed by atoms with Gasteiger partial charge in [-0.15, -0.1) is 0 Å². The first-order valence-electron chi connectivity index (χ1n) is 4.44. The molecule has 2 aromatic rings. The Hall–Kier alpha value is -1.93. The van der Waals surface area contributed by atoms with Crippen molar-refractivity contribution in [3.63, 3.8) is 0 Å². The van der Waals surface area contributed by atoms with Gasteiger partial charge in [0.15, 0.2) is 0 Å². The molecule has 4 nitrogen and oxygen atoms in total. The molecule has 0 bridgehead atoms. The number of hydrogen-bond donors (Lipinski definition) is 0. The van der Waals surface area contributed by atoms with Crippen molar-refractivity contribution in [3.8, 4) is 17.7 Å². The van der Waals surface area contributed by atoms with E-state index in [-0.39, 0.29) is 0 Å². The number of ether oxygens (including phenoxy) is 1. The van der Waals surface area contributed by atoms with Gasteiger partial charge < -0.3 is 4.74 Å². The molecule has 0 aliphatic carbocycles. The minimum absolute atomic E-state index is 0.387. The lowest BCUT2D eigenvalue weighted by atomic mass is 10.2. The average molecular weight is 276 g/mol. The summed E-state index contributed by atoms with van der Waals surface area (Å²) in [7, 11) is 0. The SMILES string of the molecule is N#Cc1ccccc1Oc1ncncc1Br. The number of nitrogens with zero attached hydrogens (tertiary/aromatic N) is 3. The summed E-state index contributed by atoms with van der Waals surface area (Å²) in [6, 6.07) is 9.03. The summed E-state index contributed by atoms with van der Waals surface area (Å²) in [5.41, 5.74) is 0.466. The van der Waals surface area contributed by atoms with E-state index >= 15 is 0 Å². The Morgan fingerprint density at radius 2 is 2.12 bits per heavy atom. The molecule has 0 N–H and O–H groups in total. The largest absolute Gasteiger partial charge is 0.436 e. The third-order valence-corrected chi connectivity index (χ3v) is 2.39. The molecule has 0 radical (unpaired) electrons. The lowest BCUT2D eigenvalue weighted by molar-refractivity contribution is 0.456. The van der Waals surface area contributed by atoms with Gasteiger partial charge in [-0.25, -0.2) is 9.97 Å². The normalized spacial score (nSPS) is 9.50. The van der Waals surface area contributed by atoms with Crippen LogP contribution < -0.4 is 4.74 Å². The van der Waals surface area contributed by atoms with E-state index in [0.29, 0.717) is 21.7 Å². The quantitative estimate of drug-likeness (QED) is 0.846. The summed E-state index contributed by atoms with van der Waals surface area (Å²) >= 11 is 3.27. The first-order chi connectivity index (χ1) is 7.81. The van der Waals surface area contributed by atoms with Gasteiger partial charge in [0.25, 0.3) is 0 Å². The minimum atomic E-state index is 0.387. The summed E-state index contributed by atoms with van der Waals surface area (Å²) in [5.74, 6) is 0.863. The fraction of sp³-hybridized carbons (Fsp3) is 0. The van der Waals surface area contributed by atoms with Crippen LogP contribution in [0.5, 0.6) is 11.6 Å². The third kappa shape index (κ3) is 2.18. The van der Waals surface area contributed by atoms with Crippen LogP contribution in [0.1, 0.15) is 5.56 Å². The number of hydrogen-bond acceptors (Lipinski definition) is 4. The lowest BCUT2D eigenvalue weighted by Crippen LogP contribution is -1.92. The molecule has 0 aliphatic heterocycles. The second-order valence-corrected chi connectivity index (χ2v) is 3.74. The Kier molecular flexibility index (Phi) is 3.13. The zero-order valence-corrected chi connectivity index (χ0v) is 9.68. The maximum atomic E-state index is 8.89. The monoisotopic (exact) mass is 275 g/mol. The van der Waals surface area contributed by atoms with E-state index in [2.05, 4.69) is 32.0 Å². The van der Waals surface area contributed by atoms with E-state index < -0.39 is 0 Å². The van der Waals surface area contributed by atoms with Gasteiger partial charge in [0.1, 0.15) is 18.1 Å². The molecule has 1 aromatic carbocycles. The van der Waals surface area contributed by atoms with Gasteiger partial charge in [-0.2, -0.15) is 5.26 Å². The number of aromatic nitrogens is 2. The van der Waals surface area contributed by atoms with Crippen molar-refractivity contribution in [2.24, 2.45) is 0 Å². The third-order valence-electron chi connectivity index (χ3n) is 1.85. The van der Waals surface area contributed by atoms with Crippen LogP contribution in [0.25, 0.3) is 0 Å². The van der Waals surface area contributed by atoms with E-state index in [4.69, 9.17) is 10.00 Å². The Morgan fingerprint density at radius 3 is 2.88 bits per heavy atom. The van der Waals surface area contributed by atoms with Crippen LogP contribution in [0.2, 0.25) is 0 Å². The van der Waals surface area contributed by atoms with Crippen LogP contribution in [-0.2, 0) is 0 Å². The highest BCUT2D eigenvalue weighted by Gasteiger charge is 2.07. The standard InChI is InChI=1S/C11H6BrN3O/c12-9-6-14-7-15-11(9)16-10-4-2-1-3-8(10)5-13/h1-4,6-7H. The van der Waals surface area contributed by atoms with Crippen LogP contribution in [0.15, 0.2) is 41.3 Å². The average Bonchev–Trinajstić information content (AvgIpc) is 2.33. The summed E-state index contributed by atoms with van der Waals surface area (Å²) in [4.78, 5) is 7.79. The molecular weight excluding hydrogens is 270 g/mol. The number of para-hydroxylation sites is 1. The van der Waals surface area contributed by atoms with Gasteiger partial charge in [0, 0.05) is 6.20 Å². The molecule has 0 saturated heterocycles. The molecule has 5 heteroatoms. The van der Waals surface area contributed by atoms with Crippen molar-refractivity contribution in [1.29, 1.82) is 5.26 Å². The maximum Gasteiger partial charge on any atom is 0.236 e. The van der Waals surface area contributed by atoms with E-state index in [0.717, 1.165) is 0 Å². The molecule has 0 atom stereocenters. The highest BCUT2D eigenvalue weighted by molar-refractivity contribution is 9.10. The molecule has 0 fully saturated rings. The van der Waals surface area contributed by atoms with E-state index in [9.17, 15) is 0 Å². The van der Waals surface area contributed by atoms with E-state index in [1.807, 2.05) is 0 Å². The van der Waals surface area contributed by atoms with Gasteiger partial charge in [-0.05, 0) is 28.1 Å². The first kappa shape index (κ1) is 10.6. The second-order valence-electron chi connectivity index (χ2n) is 2.89. The Labute approximate surface area is 101 Å². The molecule has 0 aliphatic rings. The van der Waals surface area contributed by atoms with Crippen LogP contribution in [0.4, 0.5) is 0 Å². The summed E-state index contributed by atoms with van der Waals surface area (Å²) in [5, 5.41) is 8.89. The molecule has 0 saturated carbocycles. The highest BCUT2D eigenvalue weighted by atomic mass is 79.9. The summed E-state index contributed by atoms with van der Waals surface area (Å²) in [6.45, 7) is 0. The van der Waals surface area contributed by atoms with Gasteiger partial charge in [-0.1, -0.05) is 12.1 Å². The Morgan fingerprint density at radius 1 is 1.31 bits per heavy atom. The van der Waals surface area contributed by atoms with Crippen molar-refractivity contribution in [2.75, 3.05) is 0 Å². The van der Waals surface area contributed by atoms with Gasteiger partial charge in [0.05, 0.1) is 10.0 Å². The van der Waals surface area contributed by atoms with Crippen molar-refractivity contribution < 1.29 is 4.74 Å². The predicted molar refractivity (Wildman–Crippen MR) is 61.0 cm³/mol. The van der Waals surface area contributed by atoms with Crippen LogP contribution in [0.3, 0.4) is 0 Å². The van der Waals surface area contributed by atoms with Crippen molar-refractivity contribution in [2.45, 2.75) is 0 Å². The van der Waals surface area contributed by atoms with Gasteiger partial charge in [-0.3, -0.25) is 0 Å². The van der Waals surface area contributed by atoms with E-state index in [1.54, 1.807) is 30.5 Å². The lowest BCUT2D eigenvalue weighted by Gasteiger charge is -2.06. The predicted octanol–water partition coefficient (Wildman–Crippen LogP) is 2.90. The Balaban J connectivity index is 2.35. The zero-order chi connectivity index (χ0) is 11.4. The fourth-order valence-corrected chi connectivity index (χ4v) is 1.43. The number of rotatable bonds is 2. The van der Waals surface area contributed by atoms with Crippen LogP contribution in [0, 0.1) is 11.3 Å². The van der Waals surface area contributed by atoms with Crippen LogP contribution >= 0.6 is 15.9 Å². The molecule has 16 heavy (non-hydrogen) atoms. The molecule has 1 aromatic heterocycles. The number of nitriles is 1. The number of halogens is 1. The molecule has 2 rings (SSSR count). The van der Waals surface area contributed by atoms with Crippen molar-refractivity contribution in [3.05, 3.63) is 46.8 Å². The van der Waals surface area contributed by atoms with Crippen molar-refractivity contribution >= 4 is 15.9 Å². The molecule has 0 spiro atoms. The molecule has 78 valence electrons. The topological polar surface area (TPSA) is 58.8 Å². The number of benzene rings is 1. The van der Waals surface area contributed by atoms with E-state index in [1.165, 1.54) is 6.33 Å². The Bertz CT molecular complexity index is 551. The maximum absolute atomic E-state index is 8.89. The molecule has 0 amide bonds. The molecule has 1 heterocycles. The molecular formula is C11H6BrN3O. The summed E-state index contributed by atoms with van der Waals surface area (Å²) < 4.78 is 6.15. The van der Waals surface area contributed by atoms with Crippen LogP contribution in [-0.4, -0.2) is 9.97 Å². The highest BCUT2D eigenvalue weighted by Crippen LogP contribution is 2.27.